The van der Waals surface area contributed by atoms with Crippen LogP contribution in [0.5, 0.6) is 5.75 Å². The smallest absolute Gasteiger partial charge is 0.343 e. The van der Waals surface area contributed by atoms with Crippen molar-refractivity contribution in [2.45, 2.75) is 12.1 Å². The molecule has 1 unspecified atom stereocenters. The molecule has 1 heterocycles. The normalized spacial score (nSPS) is 21.9. The quantitative estimate of drug-likeness (QED) is 0.913. The maximum Gasteiger partial charge on any atom is 0.343 e. The van der Waals surface area contributed by atoms with Crippen LogP contribution in [0.15, 0.2) is 18.2 Å². The summed E-state index contributed by atoms with van der Waals surface area (Å²) in [5.41, 5.74) is -2.50. The number of hydrogen-bond donors (Lipinski definition) is 1. The van der Waals surface area contributed by atoms with Crippen molar-refractivity contribution in [3.8, 4) is 5.75 Å². The Kier molecular flexibility index (Phi) is 3.61. The number of rotatable bonds is 3. The number of likely N-dealkylation sites (tertiary alicyclic amines) is 1. The summed E-state index contributed by atoms with van der Waals surface area (Å²) >= 11 is 0. The van der Waals surface area contributed by atoms with E-state index in [1.54, 1.807) is 0 Å². The van der Waals surface area contributed by atoms with Crippen molar-refractivity contribution in [3.05, 3.63) is 29.6 Å². The van der Waals surface area contributed by atoms with Crippen LogP contribution >= 0.6 is 0 Å². The molecule has 1 atom stereocenters. The molecule has 20 heavy (non-hydrogen) atoms. The lowest BCUT2D eigenvalue weighted by Crippen LogP contribution is -2.39. The molecule has 1 N–H and O–H groups in total. The highest BCUT2D eigenvalue weighted by atomic mass is 19.1. The van der Waals surface area contributed by atoms with Crippen LogP contribution < -0.4 is 4.74 Å². The molecule has 1 aromatic carbocycles. The van der Waals surface area contributed by atoms with Gasteiger partial charge in [-0.3, -0.25) is 4.79 Å². The monoisotopic (exact) mass is 285 g/mol. The molecule has 1 aliphatic heterocycles. The van der Waals surface area contributed by atoms with Crippen LogP contribution in [0.3, 0.4) is 0 Å². The van der Waals surface area contributed by atoms with Crippen molar-refractivity contribution in [2.75, 3.05) is 20.2 Å². The van der Waals surface area contributed by atoms with E-state index in [4.69, 9.17) is 9.84 Å². The minimum atomic E-state index is -2.45. The van der Waals surface area contributed by atoms with E-state index in [1.807, 2.05) is 0 Å². The number of amides is 1. The Balaban J connectivity index is 2.25. The van der Waals surface area contributed by atoms with Crippen LogP contribution in [0.4, 0.5) is 8.78 Å². The number of carboxylic acids is 1. The number of methoxy groups -OCH3 is 1. The number of halogens is 2. The highest BCUT2D eigenvalue weighted by Gasteiger charge is 2.47. The van der Waals surface area contributed by atoms with Gasteiger partial charge in [0.25, 0.3) is 5.91 Å². The van der Waals surface area contributed by atoms with Gasteiger partial charge < -0.3 is 14.7 Å². The summed E-state index contributed by atoms with van der Waals surface area (Å²) in [5, 5.41) is 8.79. The highest BCUT2D eigenvalue weighted by Crippen LogP contribution is 2.29. The van der Waals surface area contributed by atoms with Gasteiger partial charge in [-0.15, -0.1) is 0 Å². The zero-order chi connectivity index (χ0) is 14.9. The topological polar surface area (TPSA) is 66.8 Å². The van der Waals surface area contributed by atoms with E-state index >= 15 is 0 Å². The second-order valence-electron chi connectivity index (χ2n) is 4.59. The van der Waals surface area contributed by atoms with Gasteiger partial charge in [0.05, 0.1) is 19.2 Å². The Morgan fingerprint density at radius 3 is 2.70 bits per heavy atom. The molecule has 0 spiro atoms. The molecule has 0 bridgehead atoms. The van der Waals surface area contributed by atoms with Crippen LogP contribution in [0.25, 0.3) is 0 Å². The molecule has 1 aromatic rings. The highest BCUT2D eigenvalue weighted by molar-refractivity contribution is 5.97. The van der Waals surface area contributed by atoms with E-state index < -0.39 is 29.9 Å². The maximum atomic E-state index is 13.9. The summed E-state index contributed by atoms with van der Waals surface area (Å²) in [7, 11) is 1.32. The summed E-state index contributed by atoms with van der Waals surface area (Å²) < 4.78 is 32.1. The SMILES string of the molecule is COc1ccc(F)cc1C(=O)N1CCC(F)(C(=O)O)C1. The van der Waals surface area contributed by atoms with Gasteiger partial charge in [0.15, 0.2) is 0 Å². The zero-order valence-corrected chi connectivity index (χ0v) is 10.7. The van der Waals surface area contributed by atoms with Crippen molar-refractivity contribution in [1.29, 1.82) is 0 Å². The maximum absolute atomic E-state index is 13.9. The van der Waals surface area contributed by atoms with Crippen LogP contribution in [0, 0.1) is 5.82 Å². The fraction of sp³-hybridized carbons (Fsp3) is 0.385. The van der Waals surface area contributed by atoms with Gasteiger partial charge in [0.2, 0.25) is 5.67 Å². The van der Waals surface area contributed by atoms with Gasteiger partial charge in [-0.1, -0.05) is 0 Å². The lowest BCUT2D eigenvalue weighted by molar-refractivity contribution is -0.149. The van der Waals surface area contributed by atoms with E-state index in [2.05, 4.69) is 0 Å². The third-order valence-corrected chi connectivity index (χ3v) is 3.28. The number of alkyl halides is 1. The first-order valence-corrected chi connectivity index (χ1v) is 5.92. The van der Waals surface area contributed by atoms with E-state index in [1.165, 1.54) is 13.2 Å². The number of carbonyl (C=O) groups excluding carboxylic acids is 1. The second-order valence-corrected chi connectivity index (χ2v) is 4.59. The van der Waals surface area contributed by atoms with E-state index in [-0.39, 0.29) is 24.3 Å². The molecule has 0 aromatic heterocycles. The van der Waals surface area contributed by atoms with Gasteiger partial charge >= 0.3 is 5.97 Å². The lowest BCUT2D eigenvalue weighted by atomic mass is 10.1. The lowest BCUT2D eigenvalue weighted by Gasteiger charge is -2.19. The van der Waals surface area contributed by atoms with E-state index in [0.29, 0.717) is 0 Å². The largest absolute Gasteiger partial charge is 0.496 e. The predicted molar refractivity (Wildman–Crippen MR) is 64.9 cm³/mol. The van der Waals surface area contributed by atoms with Crippen LogP contribution in [0.1, 0.15) is 16.8 Å². The number of ether oxygens (including phenoxy) is 1. The number of benzene rings is 1. The number of nitrogens with zero attached hydrogens (tertiary/aromatic N) is 1. The predicted octanol–water partition coefficient (Wildman–Crippen LogP) is 1.47. The minimum Gasteiger partial charge on any atom is -0.496 e. The van der Waals surface area contributed by atoms with Crippen LogP contribution in [0.2, 0.25) is 0 Å². The molecular formula is C13H13F2NO4. The average molecular weight is 285 g/mol. The molecule has 0 radical (unpaired) electrons. The Bertz CT molecular complexity index is 563. The summed E-state index contributed by atoms with van der Waals surface area (Å²) in [6.07, 6.45) is -0.286. The first-order valence-electron chi connectivity index (χ1n) is 5.92. The molecule has 1 saturated heterocycles. The van der Waals surface area contributed by atoms with Gasteiger partial charge in [0, 0.05) is 13.0 Å². The summed E-state index contributed by atoms with van der Waals surface area (Å²) in [6.45, 7) is -0.595. The fourth-order valence-electron chi connectivity index (χ4n) is 2.14. The van der Waals surface area contributed by atoms with Crippen molar-refractivity contribution in [2.24, 2.45) is 0 Å². The molecule has 0 aliphatic carbocycles. The molecule has 2 rings (SSSR count). The van der Waals surface area contributed by atoms with Gasteiger partial charge in [-0.25, -0.2) is 13.6 Å². The summed E-state index contributed by atoms with van der Waals surface area (Å²) in [6, 6.07) is 3.41. The van der Waals surface area contributed by atoms with Crippen molar-refractivity contribution in [3.63, 3.8) is 0 Å². The molecule has 1 aliphatic rings. The Labute approximate surface area is 113 Å². The Morgan fingerprint density at radius 2 is 2.15 bits per heavy atom. The molecule has 108 valence electrons. The fourth-order valence-corrected chi connectivity index (χ4v) is 2.14. The van der Waals surface area contributed by atoms with Gasteiger partial charge in [-0.2, -0.15) is 0 Å². The van der Waals surface area contributed by atoms with Crippen LogP contribution in [-0.2, 0) is 4.79 Å². The molecule has 1 amide bonds. The van der Waals surface area contributed by atoms with Crippen molar-refractivity contribution >= 4 is 11.9 Å². The zero-order valence-electron chi connectivity index (χ0n) is 10.7. The van der Waals surface area contributed by atoms with E-state index in [0.717, 1.165) is 17.0 Å². The summed E-state index contributed by atoms with van der Waals surface area (Å²) in [5.74, 6) is -2.72. The molecule has 0 saturated carbocycles. The summed E-state index contributed by atoms with van der Waals surface area (Å²) in [4.78, 5) is 24.1. The van der Waals surface area contributed by atoms with Crippen molar-refractivity contribution < 1.29 is 28.2 Å². The third-order valence-electron chi connectivity index (χ3n) is 3.28. The number of hydrogen-bond acceptors (Lipinski definition) is 3. The van der Waals surface area contributed by atoms with Gasteiger partial charge in [0.1, 0.15) is 11.6 Å². The first kappa shape index (κ1) is 14.2. The molecular weight excluding hydrogens is 272 g/mol. The number of carboxylic acid groups (broad SMARTS) is 1. The molecule has 7 heteroatoms. The second kappa shape index (κ2) is 5.07. The molecule has 5 nitrogen and oxygen atoms in total. The minimum absolute atomic E-state index is 0.0404. The Morgan fingerprint density at radius 1 is 1.45 bits per heavy atom. The standard InChI is InChI=1S/C13H13F2NO4/c1-20-10-3-2-8(14)6-9(10)11(17)16-5-4-13(15,7-16)12(18)19/h2-3,6H,4-5,7H2,1H3,(H,18,19). The Hall–Kier alpha value is -2.18. The van der Waals surface area contributed by atoms with E-state index in [9.17, 15) is 18.4 Å². The first-order chi connectivity index (χ1) is 9.37. The average Bonchev–Trinajstić information content (AvgIpc) is 2.82. The number of carbonyl (C=O) groups is 2. The third kappa shape index (κ3) is 2.43. The molecule has 1 fully saturated rings. The van der Waals surface area contributed by atoms with Crippen molar-refractivity contribution in [1.82, 2.24) is 4.90 Å². The number of aliphatic carboxylic acids is 1. The van der Waals surface area contributed by atoms with Crippen LogP contribution in [-0.4, -0.2) is 47.8 Å². The van der Waals surface area contributed by atoms with Gasteiger partial charge in [-0.05, 0) is 18.2 Å².